The molecular weight excluding hydrogens is 264 g/mol. The van der Waals surface area contributed by atoms with Crippen molar-refractivity contribution >= 4 is 12.0 Å². The van der Waals surface area contributed by atoms with Gasteiger partial charge in [0, 0.05) is 33.3 Å². The second-order valence-corrected chi connectivity index (χ2v) is 5.27. The van der Waals surface area contributed by atoms with Gasteiger partial charge in [-0.05, 0) is 19.3 Å². The molecule has 0 spiro atoms. The molecular formula is C13H22N2O5. The lowest BCUT2D eigenvalue weighted by atomic mass is 10.1. The summed E-state index contributed by atoms with van der Waals surface area (Å²) < 4.78 is 10.5. The van der Waals surface area contributed by atoms with E-state index in [-0.39, 0.29) is 24.8 Å². The largest absolute Gasteiger partial charge is 0.480 e. The van der Waals surface area contributed by atoms with Crippen molar-refractivity contribution in [3.63, 3.8) is 0 Å². The van der Waals surface area contributed by atoms with E-state index < -0.39 is 5.97 Å². The summed E-state index contributed by atoms with van der Waals surface area (Å²) in [5, 5.41) is 8.57. The van der Waals surface area contributed by atoms with Crippen LogP contribution in [0.2, 0.25) is 0 Å². The quantitative estimate of drug-likeness (QED) is 0.809. The van der Waals surface area contributed by atoms with Crippen LogP contribution in [0.25, 0.3) is 0 Å². The first kappa shape index (κ1) is 15.1. The highest BCUT2D eigenvalue weighted by molar-refractivity contribution is 5.75. The summed E-state index contributed by atoms with van der Waals surface area (Å²) in [7, 11) is 1.67. The van der Waals surface area contributed by atoms with E-state index in [0.717, 1.165) is 13.0 Å². The second-order valence-electron chi connectivity index (χ2n) is 5.27. The fourth-order valence-corrected chi connectivity index (χ4v) is 2.70. The number of carbonyl (C=O) groups excluding carboxylic acids is 1. The molecule has 0 aromatic heterocycles. The molecule has 0 aromatic carbocycles. The van der Waals surface area contributed by atoms with Gasteiger partial charge in [-0.2, -0.15) is 0 Å². The number of aliphatic carboxylic acids is 1. The van der Waals surface area contributed by atoms with Crippen molar-refractivity contribution in [2.75, 3.05) is 39.9 Å². The van der Waals surface area contributed by atoms with Crippen molar-refractivity contribution in [2.24, 2.45) is 0 Å². The molecule has 0 aliphatic carbocycles. The minimum absolute atomic E-state index is 0.0551. The van der Waals surface area contributed by atoms with Gasteiger partial charge < -0.3 is 24.4 Å². The number of carboxylic acids is 1. The number of hydrogen-bond acceptors (Lipinski definition) is 4. The van der Waals surface area contributed by atoms with Crippen LogP contribution >= 0.6 is 0 Å². The summed E-state index contributed by atoms with van der Waals surface area (Å²) in [5.74, 6) is -0.953. The average molecular weight is 286 g/mol. The van der Waals surface area contributed by atoms with Crippen molar-refractivity contribution in [3.8, 4) is 0 Å². The fraction of sp³-hybridized carbons (Fsp3) is 0.846. The van der Waals surface area contributed by atoms with Crippen molar-refractivity contribution in [1.29, 1.82) is 0 Å². The highest BCUT2D eigenvalue weighted by atomic mass is 16.5. The van der Waals surface area contributed by atoms with Crippen LogP contribution < -0.4 is 0 Å². The Kier molecular flexibility index (Phi) is 5.19. The number of hydrogen-bond donors (Lipinski definition) is 1. The number of piperidine rings is 1. The van der Waals surface area contributed by atoms with Gasteiger partial charge in [-0.25, -0.2) is 9.59 Å². The van der Waals surface area contributed by atoms with Gasteiger partial charge in [0.2, 0.25) is 0 Å². The van der Waals surface area contributed by atoms with Crippen LogP contribution in [0.15, 0.2) is 0 Å². The Labute approximate surface area is 118 Å². The van der Waals surface area contributed by atoms with E-state index in [1.54, 1.807) is 7.11 Å². The summed E-state index contributed by atoms with van der Waals surface area (Å²) >= 11 is 0. The van der Waals surface area contributed by atoms with Gasteiger partial charge in [0.15, 0.2) is 0 Å². The lowest BCUT2D eigenvalue weighted by Gasteiger charge is -2.34. The van der Waals surface area contributed by atoms with Crippen molar-refractivity contribution < 1.29 is 24.2 Å². The van der Waals surface area contributed by atoms with Crippen molar-refractivity contribution in [2.45, 2.75) is 31.5 Å². The Morgan fingerprint density at radius 3 is 2.25 bits per heavy atom. The monoisotopic (exact) mass is 286 g/mol. The van der Waals surface area contributed by atoms with Gasteiger partial charge in [-0.15, -0.1) is 0 Å². The predicted molar refractivity (Wildman–Crippen MR) is 70.6 cm³/mol. The highest BCUT2D eigenvalue weighted by Gasteiger charge is 2.31. The predicted octanol–water partition coefficient (Wildman–Crippen LogP) is 0.393. The summed E-state index contributed by atoms with van der Waals surface area (Å²) in [6.07, 6.45) is 2.37. The minimum atomic E-state index is -0.953. The molecule has 2 heterocycles. The molecule has 20 heavy (non-hydrogen) atoms. The van der Waals surface area contributed by atoms with Crippen LogP contribution in [0.3, 0.4) is 0 Å². The third kappa shape index (κ3) is 3.83. The van der Waals surface area contributed by atoms with Crippen LogP contribution in [-0.4, -0.2) is 79.0 Å². The maximum absolute atomic E-state index is 12.3. The summed E-state index contributed by atoms with van der Waals surface area (Å²) in [6.45, 7) is 2.38. The van der Waals surface area contributed by atoms with Crippen LogP contribution in [0, 0.1) is 0 Å². The number of likely N-dealkylation sites (tertiary alicyclic amines) is 2. The standard InChI is InChI=1S/C13H22N2O5/c1-19-11-4-7-15(8-11)13(18)14-5-2-10(3-6-14)20-9-12(16)17/h10-11H,2-9H2,1H3,(H,16,17). The zero-order valence-corrected chi connectivity index (χ0v) is 11.8. The van der Waals surface area contributed by atoms with Crippen molar-refractivity contribution in [3.05, 3.63) is 0 Å². The average Bonchev–Trinajstić information content (AvgIpc) is 2.94. The lowest BCUT2D eigenvalue weighted by Crippen LogP contribution is -2.47. The Morgan fingerprint density at radius 1 is 1.10 bits per heavy atom. The highest BCUT2D eigenvalue weighted by Crippen LogP contribution is 2.18. The third-order valence-electron chi connectivity index (χ3n) is 3.90. The van der Waals surface area contributed by atoms with Crippen LogP contribution in [0.5, 0.6) is 0 Å². The minimum Gasteiger partial charge on any atom is -0.480 e. The topological polar surface area (TPSA) is 79.3 Å². The summed E-state index contributed by atoms with van der Waals surface area (Å²) in [6, 6.07) is 0.0567. The van der Waals surface area contributed by atoms with Gasteiger partial charge >= 0.3 is 12.0 Å². The number of amides is 2. The first-order valence-corrected chi connectivity index (χ1v) is 7.00. The van der Waals surface area contributed by atoms with Crippen LogP contribution in [0.4, 0.5) is 4.79 Å². The number of urea groups is 1. The Bertz CT molecular complexity index is 355. The van der Waals surface area contributed by atoms with Crippen LogP contribution in [0.1, 0.15) is 19.3 Å². The van der Waals surface area contributed by atoms with E-state index in [9.17, 15) is 9.59 Å². The van der Waals surface area contributed by atoms with Gasteiger partial charge in [-0.1, -0.05) is 0 Å². The molecule has 0 bridgehead atoms. The SMILES string of the molecule is COC1CCN(C(=O)N2CCC(OCC(=O)O)CC2)C1. The molecule has 0 radical (unpaired) electrons. The Hall–Kier alpha value is -1.34. The number of carboxylic acid groups (broad SMARTS) is 1. The van der Waals surface area contributed by atoms with Gasteiger partial charge in [0.05, 0.1) is 12.2 Å². The molecule has 2 amide bonds. The second kappa shape index (κ2) is 6.90. The normalized spacial score (nSPS) is 24.1. The van der Waals surface area contributed by atoms with Gasteiger partial charge in [0.25, 0.3) is 0 Å². The first-order chi connectivity index (χ1) is 9.60. The fourth-order valence-electron chi connectivity index (χ4n) is 2.70. The molecule has 2 rings (SSSR count). The smallest absolute Gasteiger partial charge is 0.329 e. The molecule has 2 aliphatic heterocycles. The molecule has 7 heteroatoms. The van der Waals surface area contributed by atoms with E-state index in [0.29, 0.717) is 32.5 Å². The first-order valence-electron chi connectivity index (χ1n) is 7.00. The zero-order valence-electron chi connectivity index (χ0n) is 11.8. The van der Waals surface area contributed by atoms with E-state index in [1.165, 1.54) is 0 Å². The van der Waals surface area contributed by atoms with Gasteiger partial charge in [0.1, 0.15) is 6.61 Å². The molecule has 2 aliphatic rings. The Balaban J connectivity index is 1.73. The maximum Gasteiger partial charge on any atom is 0.329 e. The van der Waals surface area contributed by atoms with E-state index in [1.807, 2.05) is 9.80 Å². The number of ether oxygens (including phenoxy) is 2. The molecule has 0 aromatic rings. The Morgan fingerprint density at radius 2 is 1.70 bits per heavy atom. The van der Waals surface area contributed by atoms with E-state index in [2.05, 4.69) is 0 Å². The molecule has 7 nitrogen and oxygen atoms in total. The summed E-state index contributed by atoms with van der Waals surface area (Å²) in [4.78, 5) is 26.4. The third-order valence-corrected chi connectivity index (χ3v) is 3.90. The van der Waals surface area contributed by atoms with E-state index >= 15 is 0 Å². The molecule has 2 fully saturated rings. The van der Waals surface area contributed by atoms with Crippen molar-refractivity contribution in [1.82, 2.24) is 9.80 Å². The maximum atomic E-state index is 12.3. The number of rotatable bonds is 4. The summed E-state index contributed by atoms with van der Waals surface area (Å²) in [5.41, 5.74) is 0. The number of carbonyl (C=O) groups is 2. The molecule has 0 saturated carbocycles. The van der Waals surface area contributed by atoms with E-state index in [4.69, 9.17) is 14.6 Å². The van der Waals surface area contributed by atoms with Crippen LogP contribution in [-0.2, 0) is 14.3 Å². The van der Waals surface area contributed by atoms with Gasteiger partial charge in [-0.3, -0.25) is 0 Å². The number of methoxy groups -OCH3 is 1. The molecule has 1 unspecified atom stereocenters. The zero-order chi connectivity index (χ0) is 14.5. The number of nitrogens with zero attached hydrogens (tertiary/aromatic N) is 2. The molecule has 2 saturated heterocycles. The molecule has 1 atom stereocenters. The lowest BCUT2D eigenvalue weighted by molar-refractivity contribution is -0.145. The molecule has 114 valence electrons. The molecule has 1 N–H and O–H groups in total.